The van der Waals surface area contributed by atoms with Crippen molar-refractivity contribution in [3.05, 3.63) is 83.1 Å². The highest BCUT2D eigenvalue weighted by atomic mass is 32.2. The number of β-lactam (4-membered cyclic amide) rings is 1. The Bertz CT molecular complexity index is 1360. The van der Waals surface area contributed by atoms with E-state index in [4.69, 9.17) is 0 Å². The number of hydrogen-bond acceptors (Lipinski definition) is 7. The van der Waals surface area contributed by atoms with Gasteiger partial charge < -0.3 is 25.7 Å². The summed E-state index contributed by atoms with van der Waals surface area (Å²) in [7, 11) is 0. The number of carboxylic acid groups (broad SMARTS) is 1. The number of phenolic OH excluding ortho intramolecular Hbond substituents is 1. The molecule has 2 saturated heterocycles. The average molecular weight is 535 g/mol. The SMILES string of the molecule is O=C(CNc1ccccc1)N[C@@H]1C(=O)N2C(C(=O)O)=C(/C=C3\CCN(Cc4cccc(O)c4)C3=O)CS[C@H]12. The number of aliphatic carboxylic acids is 1. The van der Waals surface area contributed by atoms with Crippen molar-refractivity contribution in [2.75, 3.05) is 24.2 Å². The number of para-hydroxylation sites is 1. The predicted octanol–water partition coefficient (Wildman–Crippen LogP) is 1.90. The second kappa shape index (κ2) is 10.6. The zero-order valence-electron chi connectivity index (χ0n) is 20.3. The van der Waals surface area contributed by atoms with Crippen LogP contribution in [0.25, 0.3) is 0 Å². The van der Waals surface area contributed by atoms with Crippen LogP contribution in [0.1, 0.15) is 12.0 Å². The second-order valence-electron chi connectivity index (χ2n) is 9.17. The molecule has 3 aliphatic rings. The first kappa shape index (κ1) is 25.4. The van der Waals surface area contributed by atoms with Gasteiger partial charge in [-0.15, -0.1) is 11.8 Å². The van der Waals surface area contributed by atoms with E-state index >= 15 is 0 Å². The van der Waals surface area contributed by atoms with E-state index < -0.39 is 23.3 Å². The molecular formula is C27H26N4O6S. The highest BCUT2D eigenvalue weighted by Crippen LogP contribution is 2.41. The highest BCUT2D eigenvalue weighted by molar-refractivity contribution is 8.00. The van der Waals surface area contributed by atoms with Crippen molar-refractivity contribution in [2.24, 2.45) is 0 Å². The van der Waals surface area contributed by atoms with Crippen molar-refractivity contribution in [2.45, 2.75) is 24.4 Å². The van der Waals surface area contributed by atoms with Crippen molar-refractivity contribution in [1.29, 1.82) is 0 Å². The van der Waals surface area contributed by atoms with Crippen LogP contribution in [0.5, 0.6) is 5.75 Å². The molecule has 3 amide bonds. The van der Waals surface area contributed by atoms with E-state index in [1.807, 2.05) is 36.4 Å². The number of likely N-dealkylation sites (tertiary alicyclic amines) is 1. The summed E-state index contributed by atoms with van der Waals surface area (Å²) in [4.78, 5) is 53.3. The third-order valence-corrected chi connectivity index (χ3v) is 7.89. The van der Waals surface area contributed by atoms with E-state index in [9.17, 15) is 29.4 Å². The number of carbonyl (C=O) groups excluding carboxylic acids is 3. The maximum Gasteiger partial charge on any atom is 0.352 e. The average Bonchev–Trinajstić information content (AvgIpc) is 3.24. The Labute approximate surface area is 223 Å². The lowest BCUT2D eigenvalue weighted by Gasteiger charge is -2.49. The number of carbonyl (C=O) groups is 4. The molecular weight excluding hydrogens is 508 g/mol. The molecule has 38 heavy (non-hydrogen) atoms. The van der Waals surface area contributed by atoms with Crippen molar-refractivity contribution in [1.82, 2.24) is 15.1 Å². The topological polar surface area (TPSA) is 139 Å². The summed E-state index contributed by atoms with van der Waals surface area (Å²) in [5, 5.41) is 24.8. The van der Waals surface area contributed by atoms with E-state index in [0.717, 1.165) is 11.3 Å². The predicted molar refractivity (Wildman–Crippen MR) is 141 cm³/mol. The minimum atomic E-state index is -1.26. The molecule has 0 aromatic heterocycles. The molecule has 2 fully saturated rings. The first-order chi connectivity index (χ1) is 18.3. The van der Waals surface area contributed by atoms with Crippen LogP contribution in [0.4, 0.5) is 5.69 Å². The van der Waals surface area contributed by atoms with Gasteiger partial charge in [0.25, 0.3) is 5.91 Å². The van der Waals surface area contributed by atoms with Gasteiger partial charge in [-0.05, 0) is 47.9 Å². The summed E-state index contributed by atoms with van der Waals surface area (Å²) in [5.41, 5.74) is 2.28. The van der Waals surface area contributed by atoms with Gasteiger partial charge in [0.15, 0.2) is 0 Å². The molecule has 196 valence electrons. The van der Waals surface area contributed by atoms with Crippen molar-refractivity contribution in [3.63, 3.8) is 0 Å². The minimum Gasteiger partial charge on any atom is -0.508 e. The Morgan fingerprint density at radius 1 is 1.11 bits per heavy atom. The zero-order chi connectivity index (χ0) is 26.8. The molecule has 11 heteroatoms. The molecule has 0 saturated carbocycles. The molecule has 0 radical (unpaired) electrons. The van der Waals surface area contributed by atoms with E-state index in [0.29, 0.717) is 30.7 Å². The van der Waals surface area contributed by atoms with Crippen LogP contribution in [0.2, 0.25) is 0 Å². The van der Waals surface area contributed by atoms with Gasteiger partial charge in [-0.1, -0.05) is 30.3 Å². The molecule has 3 heterocycles. The maximum absolute atomic E-state index is 13.0. The summed E-state index contributed by atoms with van der Waals surface area (Å²) in [6.45, 7) is 0.780. The minimum absolute atomic E-state index is 0.0225. The molecule has 5 rings (SSSR count). The third-order valence-electron chi connectivity index (χ3n) is 6.59. The molecule has 0 unspecified atom stereocenters. The van der Waals surface area contributed by atoms with Gasteiger partial charge in [0.2, 0.25) is 11.8 Å². The third kappa shape index (κ3) is 5.10. The first-order valence-corrected chi connectivity index (χ1v) is 13.1. The number of carboxylic acids is 1. The summed E-state index contributed by atoms with van der Waals surface area (Å²) in [6.07, 6.45) is 2.03. The number of aromatic hydroxyl groups is 1. The van der Waals surface area contributed by atoms with Crippen LogP contribution in [-0.4, -0.2) is 74.0 Å². The smallest absolute Gasteiger partial charge is 0.352 e. The number of anilines is 1. The molecule has 4 N–H and O–H groups in total. The number of rotatable bonds is 8. The molecule has 2 aromatic rings. The van der Waals surface area contributed by atoms with Crippen LogP contribution in [-0.2, 0) is 25.7 Å². The number of benzene rings is 2. The Morgan fingerprint density at radius 3 is 2.63 bits per heavy atom. The Hall–Kier alpha value is -4.25. The summed E-state index contributed by atoms with van der Waals surface area (Å²) < 4.78 is 0. The molecule has 2 aromatic carbocycles. The molecule has 2 atom stereocenters. The maximum atomic E-state index is 13.0. The lowest BCUT2D eigenvalue weighted by atomic mass is 10.0. The molecule has 10 nitrogen and oxygen atoms in total. The zero-order valence-corrected chi connectivity index (χ0v) is 21.1. The van der Waals surface area contributed by atoms with Gasteiger partial charge in [-0.25, -0.2) is 4.79 Å². The van der Waals surface area contributed by atoms with Gasteiger partial charge in [-0.3, -0.25) is 19.3 Å². The van der Waals surface area contributed by atoms with Gasteiger partial charge >= 0.3 is 5.97 Å². The van der Waals surface area contributed by atoms with Crippen LogP contribution in [0.3, 0.4) is 0 Å². The van der Waals surface area contributed by atoms with Crippen LogP contribution in [0.15, 0.2) is 77.5 Å². The van der Waals surface area contributed by atoms with E-state index in [1.165, 1.54) is 16.7 Å². The molecule has 3 aliphatic heterocycles. The number of amides is 3. The van der Waals surface area contributed by atoms with Crippen molar-refractivity contribution >= 4 is 41.1 Å². The number of phenols is 1. The monoisotopic (exact) mass is 534 g/mol. The Kier molecular flexibility index (Phi) is 7.10. The number of allylic oxidation sites excluding steroid dienone is 1. The number of nitrogens with zero attached hydrogens (tertiary/aromatic N) is 2. The Balaban J connectivity index is 1.26. The summed E-state index contributed by atoms with van der Waals surface area (Å²) in [5.74, 6) is -1.92. The first-order valence-electron chi connectivity index (χ1n) is 12.1. The number of fused-ring (bicyclic) bond motifs is 1. The second-order valence-corrected chi connectivity index (χ2v) is 10.3. The van der Waals surface area contributed by atoms with Crippen LogP contribution in [0, 0.1) is 0 Å². The summed E-state index contributed by atoms with van der Waals surface area (Å²) >= 11 is 1.35. The molecule has 0 bridgehead atoms. The van der Waals surface area contributed by atoms with Crippen molar-refractivity contribution < 1.29 is 29.4 Å². The molecule has 0 aliphatic carbocycles. The van der Waals surface area contributed by atoms with Gasteiger partial charge in [0.1, 0.15) is 22.9 Å². The van der Waals surface area contributed by atoms with E-state index in [1.54, 1.807) is 29.2 Å². The van der Waals surface area contributed by atoms with E-state index in [-0.39, 0.29) is 35.6 Å². The lowest BCUT2D eigenvalue weighted by molar-refractivity contribution is -0.150. The standard InChI is InChI=1S/C27H26N4O6S/c32-20-8-4-5-16(11-20)14-30-10-9-17(24(30)34)12-18-15-38-26-22(25(35)31(26)23(18)27(36)37)29-21(33)13-28-19-6-2-1-3-7-19/h1-8,11-12,22,26,28,32H,9-10,13-15H2,(H,29,33)(H,36,37)/b17-12+/t22-,26-/m1/s1. The van der Waals surface area contributed by atoms with E-state index in [2.05, 4.69) is 10.6 Å². The fraction of sp³-hybridized carbons (Fsp3) is 0.259. The van der Waals surface area contributed by atoms with Gasteiger partial charge in [0, 0.05) is 30.1 Å². The number of thioether (sulfide) groups is 1. The number of hydrogen-bond donors (Lipinski definition) is 4. The fourth-order valence-corrected chi connectivity index (χ4v) is 6.06. The highest BCUT2D eigenvalue weighted by Gasteiger charge is 2.54. The fourth-order valence-electron chi connectivity index (χ4n) is 4.75. The van der Waals surface area contributed by atoms with Gasteiger partial charge in [0.05, 0.1) is 6.54 Å². The van der Waals surface area contributed by atoms with Gasteiger partial charge in [-0.2, -0.15) is 0 Å². The largest absolute Gasteiger partial charge is 0.508 e. The summed E-state index contributed by atoms with van der Waals surface area (Å²) in [6, 6.07) is 15.0. The quantitative estimate of drug-likeness (QED) is 0.298. The van der Waals surface area contributed by atoms with Crippen LogP contribution >= 0.6 is 11.8 Å². The Morgan fingerprint density at radius 2 is 1.89 bits per heavy atom. The molecule has 0 spiro atoms. The van der Waals surface area contributed by atoms with Crippen molar-refractivity contribution in [3.8, 4) is 5.75 Å². The number of nitrogens with one attached hydrogen (secondary N) is 2. The van der Waals surface area contributed by atoms with Crippen LogP contribution < -0.4 is 10.6 Å². The normalized spacial score (nSPS) is 21.8. The lowest BCUT2D eigenvalue weighted by Crippen LogP contribution is -2.70.